The molecule has 3 aliphatic rings. The number of allylic oxidation sites excluding steroid dienone is 2. The number of ether oxygens (including phenoxy) is 1. The fourth-order valence-electron chi connectivity index (χ4n) is 2.91. The average molecular weight is 262 g/mol. The maximum atomic E-state index is 12.6. The molecule has 1 aliphatic carbocycles. The fraction of sp³-hybridized carbons (Fsp3) is 0.500. The molecule has 0 spiro atoms. The summed E-state index contributed by atoms with van der Waals surface area (Å²) in [7, 11) is 1.58. The maximum Gasteiger partial charge on any atom is 0.256 e. The molecule has 5 nitrogen and oxygen atoms in total. The Hall–Kier alpha value is -1.91. The van der Waals surface area contributed by atoms with Crippen LogP contribution in [-0.4, -0.2) is 29.6 Å². The molecule has 0 aromatic heterocycles. The lowest BCUT2D eigenvalue weighted by molar-refractivity contribution is -0.125. The highest BCUT2D eigenvalue weighted by atomic mass is 16.5. The van der Waals surface area contributed by atoms with Crippen molar-refractivity contribution in [3.8, 4) is 0 Å². The second-order valence-corrected chi connectivity index (χ2v) is 5.15. The largest absolute Gasteiger partial charge is 0.506 e. The molecule has 0 aromatic rings. The Morgan fingerprint density at radius 1 is 1.32 bits per heavy atom. The molecule has 3 rings (SSSR count). The van der Waals surface area contributed by atoms with Gasteiger partial charge in [-0.3, -0.25) is 4.79 Å². The van der Waals surface area contributed by atoms with E-state index in [2.05, 4.69) is 5.32 Å². The van der Waals surface area contributed by atoms with Crippen LogP contribution < -0.4 is 5.32 Å². The fourth-order valence-corrected chi connectivity index (χ4v) is 2.91. The van der Waals surface area contributed by atoms with Gasteiger partial charge in [0.25, 0.3) is 5.91 Å². The van der Waals surface area contributed by atoms with Crippen molar-refractivity contribution in [2.24, 2.45) is 0 Å². The average Bonchev–Trinajstić information content (AvgIpc) is 2.85. The van der Waals surface area contributed by atoms with Crippen molar-refractivity contribution in [3.05, 3.63) is 34.2 Å². The van der Waals surface area contributed by atoms with Crippen molar-refractivity contribution in [1.29, 1.82) is 0 Å². The number of aliphatic hydroxyl groups is 1. The molecule has 0 bridgehead atoms. The smallest absolute Gasteiger partial charge is 0.256 e. The van der Waals surface area contributed by atoms with E-state index >= 15 is 0 Å². The van der Waals surface area contributed by atoms with E-state index in [0.29, 0.717) is 23.6 Å². The molecule has 2 N–H and O–H groups in total. The molecule has 102 valence electrons. The summed E-state index contributed by atoms with van der Waals surface area (Å²) in [6, 6.07) is 0. The van der Waals surface area contributed by atoms with Gasteiger partial charge in [0.15, 0.2) is 0 Å². The van der Waals surface area contributed by atoms with Crippen LogP contribution in [0.25, 0.3) is 0 Å². The van der Waals surface area contributed by atoms with E-state index in [1.807, 2.05) is 6.92 Å². The van der Waals surface area contributed by atoms with Crippen molar-refractivity contribution in [1.82, 2.24) is 10.2 Å². The molecule has 0 unspecified atom stereocenters. The minimum Gasteiger partial charge on any atom is -0.506 e. The summed E-state index contributed by atoms with van der Waals surface area (Å²) in [4.78, 5) is 14.4. The summed E-state index contributed by atoms with van der Waals surface area (Å²) in [6.45, 7) is 2.61. The zero-order valence-electron chi connectivity index (χ0n) is 11.2. The summed E-state index contributed by atoms with van der Waals surface area (Å²) in [5.74, 6) is 0.768. The molecule has 0 saturated carbocycles. The highest BCUT2D eigenvalue weighted by Crippen LogP contribution is 2.35. The van der Waals surface area contributed by atoms with Gasteiger partial charge in [0.05, 0.1) is 18.5 Å². The molecule has 1 amide bonds. The molecule has 2 aliphatic heterocycles. The Bertz CT molecular complexity index is 543. The third kappa shape index (κ3) is 1.72. The standard InChI is InChI=1S/C14H18N2O3/c1-8-5-6-9-11(12(8)17)15-13(19-2)10-4-3-7-16(10)14(9)18/h15,17H,3-7H2,1-2H3. The van der Waals surface area contributed by atoms with Crippen molar-refractivity contribution in [2.45, 2.75) is 32.6 Å². The number of carbonyl (C=O) groups is 1. The van der Waals surface area contributed by atoms with E-state index in [4.69, 9.17) is 4.74 Å². The first-order valence-electron chi connectivity index (χ1n) is 6.61. The second-order valence-electron chi connectivity index (χ2n) is 5.15. The predicted molar refractivity (Wildman–Crippen MR) is 69.7 cm³/mol. The van der Waals surface area contributed by atoms with Gasteiger partial charge in [0.1, 0.15) is 5.76 Å². The Balaban J connectivity index is 2.12. The van der Waals surface area contributed by atoms with E-state index in [1.54, 1.807) is 12.0 Å². The number of methoxy groups -OCH3 is 1. The lowest BCUT2D eigenvalue weighted by atomic mass is 9.94. The van der Waals surface area contributed by atoms with Crippen LogP contribution in [0.5, 0.6) is 0 Å². The van der Waals surface area contributed by atoms with Gasteiger partial charge >= 0.3 is 0 Å². The summed E-state index contributed by atoms with van der Waals surface area (Å²) >= 11 is 0. The van der Waals surface area contributed by atoms with Crippen molar-refractivity contribution in [3.63, 3.8) is 0 Å². The van der Waals surface area contributed by atoms with Crippen LogP contribution in [0.1, 0.15) is 32.6 Å². The van der Waals surface area contributed by atoms with Crippen molar-refractivity contribution in [2.75, 3.05) is 13.7 Å². The first-order valence-corrected chi connectivity index (χ1v) is 6.61. The quantitative estimate of drug-likeness (QED) is 0.757. The molecule has 0 aromatic carbocycles. The third-order valence-corrected chi connectivity index (χ3v) is 4.02. The zero-order chi connectivity index (χ0) is 13.6. The topological polar surface area (TPSA) is 61.8 Å². The number of nitrogens with one attached hydrogen (secondary N) is 1. The van der Waals surface area contributed by atoms with Crippen LogP contribution in [0.4, 0.5) is 0 Å². The summed E-state index contributed by atoms with van der Waals surface area (Å²) in [6.07, 6.45) is 3.17. The number of amides is 1. The highest BCUT2D eigenvalue weighted by molar-refractivity contribution is 5.97. The first kappa shape index (κ1) is 12.1. The SMILES string of the molecule is COC1=C2CCCN2C(=O)C2=C(N1)C(O)=C(C)CC2. The van der Waals surface area contributed by atoms with Crippen LogP contribution in [0.3, 0.4) is 0 Å². The molecule has 0 radical (unpaired) electrons. The molecule has 1 fully saturated rings. The Labute approximate surface area is 112 Å². The van der Waals surface area contributed by atoms with E-state index < -0.39 is 0 Å². The minimum absolute atomic E-state index is 0.00102. The number of rotatable bonds is 1. The first-order chi connectivity index (χ1) is 9.13. The van der Waals surface area contributed by atoms with E-state index in [0.717, 1.165) is 37.1 Å². The van der Waals surface area contributed by atoms with Gasteiger partial charge in [-0.25, -0.2) is 0 Å². The summed E-state index contributed by atoms with van der Waals surface area (Å²) < 4.78 is 5.37. The van der Waals surface area contributed by atoms with Crippen LogP contribution in [-0.2, 0) is 9.53 Å². The number of aliphatic hydroxyl groups excluding tert-OH is 1. The molecule has 5 heteroatoms. The summed E-state index contributed by atoms with van der Waals surface area (Å²) in [5.41, 5.74) is 2.98. The maximum absolute atomic E-state index is 12.6. The zero-order valence-corrected chi connectivity index (χ0v) is 11.2. The Kier molecular flexibility index (Phi) is 2.77. The minimum atomic E-state index is 0.00102. The monoisotopic (exact) mass is 262 g/mol. The predicted octanol–water partition coefficient (Wildman–Crippen LogP) is 1.91. The van der Waals surface area contributed by atoms with Gasteiger partial charge < -0.3 is 20.1 Å². The lowest BCUT2D eigenvalue weighted by Gasteiger charge is -2.21. The number of hydrogen-bond acceptors (Lipinski definition) is 4. The van der Waals surface area contributed by atoms with Crippen LogP contribution in [0.15, 0.2) is 34.2 Å². The molecule has 1 saturated heterocycles. The Morgan fingerprint density at radius 3 is 2.84 bits per heavy atom. The van der Waals surface area contributed by atoms with E-state index in [9.17, 15) is 9.90 Å². The number of fused-ring (bicyclic) bond motifs is 1. The van der Waals surface area contributed by atoms with Gasteiger partial charge in [0.2, 0.25) is 5.88 Å². The number of nitrogens with zero attached hydrogens (tertiary/aromatic N) is 1. The highest BCUT2D eigenvalue weighted by Gasteiger charge is 2.36. The van der Waals surface area contributed by atoms with Crippen molar-refractivity contribution < 1.29 is 14.6 Å². The number of carbonyl (C=O) groups excluding carboxylic acids is 1. The van der Waals surface area contributed by atoms with Gasteiger partial charge in [-0.1, -0.05) is 0 Å². The molecule has 0 atom stereocenters. The van der Waals surface area contributed by atoms with Gasteiger partial charge in [-0.05, 0) is 38.2 Å². The van der Waals surface area contributed by atoms with Gasteiger partial charge in [-0.2, -0.15) is 0 Å². The molecular weight excluding hydrogens is 244 g/mol. The van der Waals surface area contributed by atoms with Crippen LogP contribution >= 0.6 is 0 Å². The van der Waals surface area contributed by atoms with E-state index in [1.165, 1.54) is 0 Å². The normalized spacial score (nSPS) is 23.3. The van der Waals surface area contributed by atoms with E-state index in [-0.39, 0.29) is 11.7 Å². The Morgan fingerprint density at radius 2 is 2.11 bits per heavy atom. The van der Waals surface area contributed by atoms with Crippen molar-refractivity contribution >= 4 is 5.91 Å². The second kappa shape index (κ2) is 4.33. The molecule has 2 heterocycles. The van der Waals surface area contributed by atoms with Crippen LogP contribution in [0, 0.1) is 0 Å². The molecular formula is C14H18N2O3. The van der Waals surface area contributed by atoms with Crippen LogP contribution in [0.2, 0.25) is 0 Å². The molecule has 19 heavy (non-hydrogen) atoms. The number of hydrogen-bond donors (Lipinski definition) is 2. The summed E-state index contributed by atoms with van der Waals surface area (Å²) in [5, 5.41) is 13.3. The van der Waals surface area contributed by atoms with Gasteiger partial charge in [-0.15, -0.1) is 0 Å². The third-order valence-electron chi connectivity index (χ3n) is 4.02. The van der Waals surface area contributed by atoms with Gasteiger partial charge in [0, 0.05) is 12.1 Å². The lowest BCUT2D eigenvalue weighted by Crippen LogP contribution is -2.28.